The molecule has 0 bridgehead atoms. The molecule has 0 N–H and O–H groups in total. The van der Waals surface area contributed by atoms with E-state index in [1.165, 1.54) is 6.42 Å². The summed E-state index contributed by atoms with van der Waals surface area (Å²) < 4.78 is 5.53. The molecule has 1 heterocycles. The van der Waals surface area contributed by atoms with Crippen molar-refractivity contribution in [3.05, 3.63) is 29.0 Å². The Morgan fingerprint density at radius 2 is 2.27 bits per heavy atom. The highest BCUT2D eigenvalue weighted by molar-refractivity contribution is 6.30. The van der Waals surface area contributed by atoms with Gasteiger partial charge in [0, 0.05) is 18.4 Å². The van der Waals surface area contributed by atoms with Gasteiger partial charge >= 0.3 is 0 Å². The van der Waals surface area contributed by atoms with E-state index in [1.54, 1.807) is 6.20 Å². The van der Waals surface area contributed by atoms with Crippen LogP contribution in [0.25, 0.3) is 0 Å². The van der Waals surface area contributed by atoms with Gasteiger partial charge in [0.25, 0.3) is 0 Å². The second kappa shape index (κ2) is 6.81. The molecular weight excluding hydrogens is 210 g/mol. The number of nitrogens with zero attached hydrogens (tertiary/aromatic N) is 1. The quantitative estimate of drug-likeness (QED) is 0.546. The van der Waals surface area contributed by atoms with Crippen LogP contribution >= 0.6 is 11.6 Å². The molecule has 1 rings (SSSR count). The predicted octanol–water partition coefficient (Wildman–Crippen LogP) is 3.69. The molecule has 0 aliphatic heterocycles. The van der Waals surface area contributed by atoms with Crippen molar-refractivity contribution < 1.29 is 4.74 Å². The maximum atomic E-state index is 5.90. The van der Waals surface area contributed by atoms with Gasteiger partial charge < -0.3 is 4.74 Å². The van der Waals surface area contributed by atoms with Gasteiger partial charge in [0.15, 0.2) is 0 Å². The minimum atomic E-state index is 0.543. The molecule has 0 radical (unpaired) electrons. The molecule has 1 aromatic heterocycles. The van der Waals surface area contributed by atoms with Gasteiger partial charge in [0.1, 0.15) is 5.15 Å². The Balaban J connectivity index is 2.18. The molecule has 0 amide bonds. The van der Waals surface area contributed by atoms with Crippen LogP contribution in [0.3, 0.4) is 0 Å². The first-order valence-electron chi connectivity index (χ1n) is 5.37. The summed E-state index contributed by atoms with van der Waals surface area (Å²) in [6.45, 7) is 5.80. The molecule has 0 atom stereocenters. The summed E-state index contributed by atoms with van der Waals surface area (Å²) in [5, 5.41) is 0.543. The zero-order chi connectivity index (χ0) is 11.1. The van der Waals surface area contributed by atoms with E-state index in [0.717, 1.165) is 24.5 Å². The largest absolute Gasteiger partial charge is 0.377 e. The van der Waals surface area contributed by atoms with Crippen molar-refractivity contribution in [2.24, 2.45) is 5.92 Å². The van der Waals surface area contributed by atoms with Crippen molar-refractivity contribution in [3.8, 4) is 0 Å². The first-order valence-corrected chi connectivity index (χ1v) is 5.75. The number of hydrogen-bond acceptors (Lipinski definition) is 2. The number of rotatable bonds is 6. The Bertz CT molecular complexity index is 289. The summed E-state index contributed by atoms with van der Waals surface area (Å²) in [6, 6.07) is 3.82. The second-order valence-corrected chi connectivity index (χ2v) is 4.40. The lowest BCUT2D eigenvalue weighted by molar-refractivity contribution is 0.114. The van der Waals surface area contributed by atoms with Crippen LogP contribution in [0.4, 0.5) is 0 Å². The van der Waals surface area contributed by atoms with Crippen LogP contribution < -0.4 is 0 Å². The van der Waals surface area contributed by atoms with Crippen molar-refractivity contribution in [2.75, 3.05) is 6.61 Å². The molecule has 84 valence electrons. The highest BCUT2D eigenvalue weighted by atomic mass is 35.5. The highest BCUT2D eigenvalue weighted by Gasteiger charge is 2.00. The lowest BCUT2D eigenvalue weighted by Crippen LogP contribution is -1.98. The summed E-state index contributed by atoms with van der Waals surface area (Å²) in [7, 11) is 0. The predicted molar refractivity (Wildman–Crippen MR) is 63.0 cm³/mol. The number of halogens is 1. The van der Waals surface area contributed by atoms with Crippen molar-refractivity contribution in [2.45, 2.75) is 33.3 Å². The van der Waals surface area contributed by atoms with Crippen molar-refractivity contribution in [3.63, 3.8) is 0 Å². The first kappa shape index (κ1) is 12.5. The van der Waals surface area contributed by atoms with E-state index in [9.17, 15) is 0 Å². The van der Waals surface area contributed by atoms with Gasteiger partial charge in [0.2, 0.25) is 0 Å². The average molecular weight is 228 g/mol. The second-order valence-electron chi connectivity index (χ2n) is 4.04. The fraction of sp³-hybridized carbons (Fsp3) is 0.583. The van der Waals surface area contributed by atoms with E-state index in [2.05, 4.69) is 18.8 Å². The minimum absolute atomic E-state index is 0.543. The number of hydrogen-bond donors (Lipinski definition) is 0. The SMILES string of the molecule is CC(C)CCCOCc1cccnc1Cl. The Morgan fingerprint density at radius 3 is 2.93 bits per heavy atom. The van der Waals surface area contributed by atoms with Crippen LogP contribution in [0.1, 0.15) is 32.3 Å². The smallest absolute Gasteiger partial charge is 0.134 e. The Labute approximate surface area is 96.6 Å². The molecule has 2 nitrogen and oxygen atoms in total. The molecule has 0 unspecified atom stereocenters. The van der Waals surface area contributed by atoms with Crippen molar-refractivity contribution in [1.82, 2.24) is 4.98 Å². The van der Waals surface area contributed by atoms with Gasteiger partial charge in [0.05, 0.1) is 6.61 Å². The Hall–Kier alpha value is -0.600. The lowest BCUT2D eigenvalue weighted by Gasteiger charge is -2.06. The molecule has 0 saturated heterocycles. The molecule has 0 aliphatic carbocycles. The highest BCUT2D eigenvalue weighted by Crippen LogP contribution is 2.13. The molecule has 0 fully saturated rings. The number of ether oxygens (including phenoxy) is 1. The van der Waals surface area contributed by atoms with Gasteiger partial charge in [-0.15, -0.1) is 0 Å². The molecular formula is C12H18ClNO. The van der Waals surface area contributed by atoms with Gasteiger partial charge in [-0.05, 0) is 24.8 Å². The Morgan fingerprint density at radius 1 is 1.47 bits per heavy atom. The topological polar surface area (TPSA) is 22.1 Å². The molecule has 15 heavy (non-hydrogen) atoms. The maximum absolute atomic E-state index is 5.90. The molecule has 0 aromatic carbocycles. The third-order valence-electron chi connectivity index (χ3n) is 2.16. The summed E-state index contributed by atoms with van der Waals surface area (Å²) in [6.07, 6.45) is 4.00. The molecule has 1 aromatic rings. The average Bonchev–Trinajstić information content (AvgIpc) is 2.20. The third-order valence-corrected chi connectivity index (χ3v) is 2.50. The molecule has 0 saturated carbocycles. The Kier molecular flexibility index (Phi) is 5.66. The van der Waals surface area contributed by atoms with Crippen LogP contribution in [-0.2, 0) is 11.3 Å². The van der Waals surface area contributed by atoms with E-state index in [1.807, 2.05) is 12.1 Å². The van der Waals surface area contributed by atoms with Gasteiger partial charge in [-0.2, -0.15) is 0 Å². The van der Waals surface area contributed by atoms with E-state index in [4.69, 9.17) is 16.3 Å². The molecule has 0 spiro atoms. The molecule has 0 aliphatic rings. The zero-order valence-electron chi connectivity index (χ0n) is 9.37. The van der Waals surface area contributed by atoms with Crippen LogP contribution in [0.5, 0.6) is 0 Å². The van der Waals surface area contributed by atoms with Crippen LogP contribution in [0, 0.1) is 5.92 Å². The van der Waals surface area contributed by atoms with E-state index >= 15 is 0 Å². The first-order chi connectivity index (χ1) is 7.20. The van der Waals surface area contributed by atoms with E-state index in [-0.39, 0.29) is 0 Å². The van der Waals surface area contributed by atoms with E-state index < -0.39 is 0 Å². The normalized spacial score (nSPS) is 10.9. The standard InChI is InChI=1S/C12H18ClNO/c1-10(2)5-4-8-15-9-11-6-3-7-14-12(11)13/h3,6-7,10H,4-5,8-9H2,1-2H3. The van der Waals surface area contributed by atoms with E-state index in [0.29, 0.717) is 11.8 Å². The summed E-state index contributed by atoms with van der Waals surface area (Å²) >= 11 is 5.90. The minimum Gasteiger partial charge on any atom is -0.377 e. The zero-order valence-corrected chi connectivity index (χ0v) is 10.1. The maximum Gasteiger partial charge on any atom is 0.134 e. The van der Waals surface area contributed by atoms with Gasteiger partial charge in [-0.1, -0.05) is 31.5 Å². The number of pyridine rings is 1. The molecule has 3 heteroatoms. The monoisotopic (exact) mass is 227 g/mol. The van der Waals surface area contributed by atoms with Crippen LogP contribution in [0.2, 0.25) is 5.15 Å². The van der Waals surface area contributed by atoms with Gasteiger partial charge in [-0.3, -0.25) is 0 Å². The number of aromatic nitrogens is 1. The fourth-order valence-corrected chi connectivity index (χ4v) is 1.48. The van der Waals surface area contributed by atoms with Crippen molar-refractivity contribution >= 4 is 11.6 Å². The van der Waals surface area contributed by atoms with Crippen LogP contribution in [-0.4, -0.2) is 11.6 Å². The lowest BCUT2D eigenvalue weighted by atomic mass is 10.1. The summed E-state index contributed by atoms with van der Waals surface area (Å²) in [4.78, 5) is 3.99. The summed E-state index contributed by atoms with van der Waals surface area (Å²) in [5.74, 6) is 0.746. The van der Waals surface area contributed by atoms with Crippen molar-refractivity contribution in [1.29, 1.82) is 0 Å². The fourth-order valence-electron chi connectivity index (χ4n) is 1.30. The van der Waals surface area contributed by atoms with Gasteiger partial charge in [-0.25, -0.2) is 4.98 Å². The van der Waals surface area contributed by atoms with Crippen LogP contribution in [0.15, 0.2) is 18.3 Å². The third kappa shape index (κ3) is 5.14. The summed E-state index contributed by atoms with van der Waals surface area (Å²) in [5.41, 5.74) is 0.962.